The van der Waals surface area contributed by atoms with Crippen LogP contribution in [0.1, 0.15) is 36.0 Å². The molecule has 4 rings (SSSR count). The first-order chi connectivity index (χ1) is 13.7. The molecule has 6 nitrogen and oxygen atoms in total. The maximum absolute atomic E-state index is 12.9. The summed E-state index contributed by atoms with van der Waals surface area (Å²) in [5.41, 5.74) is 2.77. The molecule has 1 aliphatic heterocycles. The smallest absolute Gasteiger partial charge is 0.254 e. The number of nitrogens with zero attached hydrogens (tertiary/aromatic N) is 3. The number of aryl methyl sites for hydroxylation is 1. The predicted octanol–water partition coefficient (Wildman–Crippen LogP) is 3.66. The Labute approximate surface area is 163 Å². The Kier molecular flexibility index (Phi) is 5.10. The summed E-state index contributed by atoms with van der Waals surface area (Å²) in [5.74, 6) is 0.476. The Morgan fingerprint density at radius 1 is 1.14 bits per heavy atom. The Bertz CT molecular complexity index is 997. The maximum atomic E-state index is 12.9. The number of hydrogen-bond donors (Lipinski definition) is 0. The second kappa shape index (κ2) is 7.84. The van der Waals surface area contributed by atoms with Crippen LogP contribution in [0.3, 0.4) is 0 Å². The minimum absolute atomic E-state index is 0.0739. The molecule has 0 radical (unpaired) electrons. The lowest BCUT2D eigenvalue weighted by atomic mass is 10.1. The molecule has 3 aromatic rings. The van der Waals surface area contributed by atoms with Crippen LogP contribution in [0.25, 0.3) is 11.1 Å². The minimum Gasteiger partial charge on any atom is -0.441 e. The summed E-state index contributed by atoms with van der Waals surface area (Å²) in [6.07, 6.45) is 2.89. The molecule has 1 saturated heterocycles. The molecule has 28 heavy (non-hydrogen) atoms. The van der Waals surface area contributed by atoms with Crippen molar-refractivity contribution in [2.45, 2.75) is 26.2 Å². The normalized spacial score (nSPS) is 14.7. The summed E-state index contributed by atoms with van der Waals surface area (Å²) in [4.78, 5) is 33.3. The van der Waals surface area contributed by atoms with Crippen LogP contribution in [0.2, 0.25) is 0 Å². The molecule has 1 aliphatic rings. The van der Waals surface area contributed by atoms with Crippen molar-refractivity contribution in [3.05, 3.63) is 60.0 Å². The van der Waals surface area contributed by atoms with E-state index < -0.39 is 0 Å². The Morgan fingerprint density at radius 2 is 1.96 bits per heavy atom. The van der Waals surface area contributed by atoms with E-state index in [0.29, 0.717) is 35.6 Å². The topological polar surface area (TPSA) is 66.7 Å². The number of carbonyl (C=O) groups excluding carboxylic acids is 2. The van der Waals surface area contributed by atoms with Gasteiger partial charge in [-0.25, -0.2) is 4.98 Å². The van der Waals surface area contributed by atoms with Crippen molar-refractivity contribution >= 4 is 28.6 Å². The number of rotatable bonds is 5. The van der Waals surface area contributed by atoms with Crippen LogP contribution in [-0.4, -0.2) is 41.3 Å². The molecule has 1 fully saturated rings. The number of amides is 2. The van der Waals surface area contributed by atoms with Crippen molar-refractivity contribution in [1.29, 1.82) is 0 Å². The second-order valence-corrected chi connectivity index (χ2v) is 7.00. The van der Waals surface area contributed by atoms with Gasteiger partial charge in [0.1, 0.15) is 12.1 Å². The third-order valence-corrected chi connectivity index (χ3v) is 5.00. The lowest BCUT2D eigenvalue weighted by molar-refractivity contribution is -0.120. The second-order valence-electron chi connectivity index (χ2n) is 7.00. The number of piperazine rings is 1. The molecule has 2 aromatic carbocycles. The van der Waals surface area contributed by atoms with E-state index in [0.717, 1.165) is 24.9 Å². The third kappa shape index (κ3) is 3.63. The third-order valence-electron chi connectivity index (χ3n) is 5.00. The number of carbonyl (C=O) groups is 2. The van der Waals surface area contributed by atoms with Gasteiger partial charge in [-0.1, -0.05) is 31.5 Å². The summed E-state index contributed by atoms with van der Waals surface area (Å²) in [6.45, 7) is 3.19. The molecule has 0 unspecified atom stereocenters. The highest BCUT2D eigenvalue weighted by atomic mass is 16.3. The van der Waals surface area contributed by atoms with Crippen LogP contribution in [0.5, 0.6) is 0 Å². The fraction of sp³-hybridized carbons (Fsp3) is 0.318. The number of fused-ring (bicyclic) bond motifs is 1. The van der Waals surface area contributed by atoms with Gasteiger partial charge in [0, 0.05) is 30.8 Å². The Morgan fingerprint density at radius 3 is 2.71 bits per heavy atom. The van der Waals surface area contributed by atoms with Crippen molar-refractivity contribution in [2.75, 3.05) is 24.5 Å². The molecule has 0 bridgehead atoms. The summed E-state index contributed by atoms with van der Waals surface area (Å²) < 4.78 is 5.73. The highest BCUT2D eigenvalue weighted by molar-refractivity contribution is 6.02. The van der Waals surface area contributed by atoms with Gasteiger partial charge in [-0.05, 0) is 36.8 Å². The summed E-state index contributed by atoms with van der Waals surface area (Å²) in [6, 6.07) is 14.8. The molecule has 0 spiro atoms. The zero-order valence-electron chi connectivity index (χ0n) is 15.9. The first-order valence-electron chi connectivity index (χ1n) is 9.70. The molecule has 1 aromatic heterocycles. The molecule has 6 heteroatoms. The number of unbranched alkanes of at least 4 members (excludes halogenated alkanes) is 1. The highest BCUT2D eigenvalue weighted by Crippen LogP contribution is 2.21. The Hall–Kier alpha value is -3.15. The van der Waals surface area contributed by atoms with Crippen molar-refractivity contribution in [2.24, 2.45) is 0 Å². The van der Waals surface area contributed by atoms with Crippen LogP contribution >= 0.6 is 0 Å². The van der Waals surface area contributed by atoms with Gasteiger partial charge in [-0.3, -0.25) is 9.59 Å². The zero-order chi connectivity index (χ0) is 19.5. The first-order valence-corrected chi connectivity index (χ1v) is 9.70. The number of aromatic nitrogens is 1. The van der Waals surface area contributed by atoms with E-state index in [4.69, 9.17) is 4.42 Å². The maximum Gasteiger partial charge on any atom is 0.254 e. The van der Waals surface area contributed by atoms with E-state index in [2.05, 4.69) is 11.9 Å². The molecular weight excluding hydrogens is 354 g/mol. The van der Waals surface area contributed by atoms with Crippen molar-refractivity contribution in [3.63, 3.8) is 0 Å². The van der Waals surface area contributed by atoms with Gasteiger partial charge in [-0.2, -0.15) is 0 Å². The van der Waals surface area contributed by atoms with Crippen molar-refractivity contribution < 1.29 is 14.0 Å². The zero-order valence-corrected chi connectivity index (χ0v) is 15.9. The predicted molar refractivity (Wildman–Crippen MR) is 107 cm³/mol. The number of para-hydroxylation sites is 1. The van der Waals surface area contributed by atoms with E-state index in [1.807, 2.05) is 30.3 Å². The molecule has 2 amide bonds. The first kappa shape index (κ1) is 18.2. The van der Waals surface area contributed by atoms with E-state index in [-0.39, 0.29) is 18.4 Å². The molecule has 144 valence electrons. The van der Waals surface area contributed by atoms with Crippen LogP contribution in [0, 0.1) is 0 Å². The van der Waals surface area contributed by atoms with Crippen LogP contribution in [0.15, 0.2) is 52.9 Å². The number of oxazole rings is 1. The lowest BCUT2D eigenvalue weighted by Crippen LogP contribution is -2.52. The SMILES string of the molecule is CCCCc1nc2cc(C(=O)N3CCN(c4ccccc4)C(=O)C3)ccc2o1. The van der Waals surface area contributed by atoms with Crippen molar-refractivity contribution in [1.82, 2.24) is 9.88 Å². The molecule has 0 saturated carbocycles. The van der Waals surface area contributed by atoms with Crippen LogP contribution in [0.4, 0.5) is 5.69 Å². The van der Waals surface area contributed by atoms with E-state index in [1.165, 1.54) is 0 Å². The van der Waals surface area contributed by atoms with E-state index >= 15 is 0 Å². The van der Waals surface area contributed by atoms with Gasteiger partial charge in [0.25, 0.3) is 5.91 Å². The fourth-order valence-corrected chi connectivity index (χ4v) is 3.45. The molecule has 2 heterocycles. The van der Waals surface area contributed by atoms with Gasteiger partial charge < -0.3 is 14.2 Å². The van der Waals surface area contributed by atoms with E-state index in [9.17, 15) is 9.59 Å². The summed E-state index contributed by atoms with van der Waals surface area (Å²) in [7, 11) is 0. The van der Waals surface area contributed by atoms with Gasteiger partial charge in [0.15, 0.2) is 11.5 Å². The lowest BCUT2D eigenvalue weighted by Gasteiger charge is -2.34. The largest absolute Gasteiger partial charge is 0.441 e. The number of hydrogen-bond acceptors (Lipinski definition) is 4. The molecular formula is C22H23N3O3. The summed E-state index contributed by atoms with van der Waals surface area (Å²) in [5, 5.41) is 0. The monoisotopic (exact) mass is 377 g/mol. The molecule has 0 aliphatic carbocycles. The molecule has 0 N–H and O–H groups in total. The quantitative estimate of drug-likeness (QED) is 0.681. The summed E-state index contributed by atoms with van der Waals surface area (Å²) >= 11 is 0. The van der Waals surface area contributed by atoms with E-state index in [1.54, 1.807) is 28.0 Å². The Balaban J connectivity index is 1.48. The van der Waals surface area contributed by atoms with Crippen LogP contribution < -0.4 is 4.90 Å². The number of anilines is 1. The number of benzene rings is 2. The van der Waals surface area contributed by atoms with Crippen LogP contribution in [-0.2, 0) is 11.2 Å². The minimum atomic E-state index is -0.152. The van der Waals surface area contributed by atoms with Gasteiger partial charge in [0.05, 0.1) is 0 Å². The van der Waals surface area contributed by atoms with Crippen molar-refractivity contribution in [3.8, 4) is 0 Å². The highest BCUT2D eigenvalue weighted by Gasteiger charge is 2.28. The van der Waals surface area contributed by atoms with Gasteiger partial charge in [0.2, 0.25) is 5.91 Å². The fourth-order valence-electron chi connectivity index (χ4n) is 3.45. The van der Waals surface area contributed by atoms with Gasteiger partial charge in [-0.15, -0.1) is 0 Å². The standard InChI is InChI=1S/C22H23N3O3/c1-2-3-9-20-23-18-14-16(10-11-19(18)28-20)22(27)24-12-13-25(21(26)15-24)17-7-5-4-6-8-17/h4-8,10-11,14H,2-3,9,12-13,15H2,1H3. The molecule has 0 atom stereocenters. The average molecular weight is 377 g/mol. The van der Waals surface area contributed by atoms with Gasteiger partial charge >= 0.3 is 0 Å². The average Bonchev–Trinajstić information content (AvgIpc) is 3.14.